The van der Waals surface area contributed by atoms with Crippen molar-refractivity contribution in [3.05, 3.63) is 41.0 Å². The lowest BCUT2D eigenvalue weighted by Crippen LogP contribution is -2.34. The lowest BCUT2D eigenvalue weighted by atomic mass is 9.96. The lowest BCUT2D eigenvalue weighted by molar-refractivity contribution is 0.131. The number of methoxy groups -OCH3 is 1. The maximum absolute atomic E-state index is 5.56. The Hall–Kier alpha value is -1.92. The lowest BCUT2D eigenvalue weighted by Gasteiger charge is -2.31. The molecular formula is C19H27N3O3. The number of nitrogens with zero attached hydrogens (tertiary/aromatic N) is 3. The van der Waals surface area contributed by atoms with Gasteiger partial charge in [-0.3, -0.25) is 4.90 Å². The van der Waals surface area contributed by atoms with Gasteiger partial charge in [-0.05, 0) is 44.0 Å². The molecule has 1 unspecified atom stereocenters. The van der Waals surface area contributed by atoms with Crippen LogP contribution in [0.25, 0.3) is 0 Å². The van der Waals surface area contributed by atoms with Gasteiger partial charge < -0.3 is 14.0 Å². The summed E-state index contributed by atoms with van der Waals surface area (Å²) in [5, 5.41) is 4.11. The number of aromatic nitrogens is 2. The average molecular weight is 345 g/mol. The fourth-order valence-electron chi connectivity index (χ4n) is 3.40. The van der Waals surface area contributed by atoms with E-state index < -0.39 is 0 Å². The summed E-state index contributed by atoms with van der Waals surface area (Å²) in [6.45, 7) is 8.10. The zero-order chi connectivity index (χ0) is 17.6. The standard InChI is InChI=1S/C19H27N3O3/c1-4-24-13-17-10-15(7-8-18(17)23-3)11-22-9-5-6-16(12-22)19-20-14(2)25-21-19/h7-8,10,16H,4-6,9,11-13H2,1-3H3. The van der Waals surface area contributed by atoms with Crippen molar-refractivity contribution in [2.45, 2.75) is 45.8 Å². The minimum Gasteiger partial charge on any atom is -0.496 e. The molecule has 6 heteroatoms. The number of ether oxygens (including phenoxy) is 2. The Morgan fingerprint density at radius 2 is 2.24 bits per heavy atom. The molecule has 0 radical (unpaired) electrons. The number of benzene rings is 1. The van der Waals surface area contributed by atoms with Crippen LogP contribution in [0.4, 0.5) is 0 Å². The summed E-state index contributed by atoms with van der Waals surface area (Å²) in [4.78, 5) is 6.87. The molecule has 0 bridgehead atoms. The second-order valence-electron chi connectivity index (χ2n) is 6.53. The second kappa shape index (κ2) is 8.45. The third kappa shape index (κ3) is 4.58. The van der Waals surface area contributed by atoms with Crippen molar-refractivity contribution in [3.8, 4) is 5.75 Å². The van der Waals surface area contributed by atoms with Crippen molar-refractivity contribution in [2.24, 2.45) is 0 Å². The van der Waals surface area contributed by atoms with Crippen molar-refractivity contribution in [1.29, 1.82) is 0 Å². The Morgan fingerprint density at radius 3 is 2.96 bits per heavy atom. The monoisotopic (exact) mass is 345 g/mol. The molecule has 2 aromatic rings. The predicted octanol–water partition coefficient (Wildman–Crippen LogP) is 3.30. The van der Waals surface area contributed by atoms with Crippen molar-refractivity contribution in [3.63, 3.8) is 0 Å². The molecule has 0 saturated carbocycles. The van der Waals surface area contributed by atoms with Crippen LogP contribution in [0.3, 0.4) is 0 Å². The van der Waals surface area contributed by atoms with Gasteiger partial charge in [-0.15, -0.1) is 0 Å². The maximum Gasteiger partial charge on any atom is 0.223 e. The van der Waals surface area contributed by atoms with Crippen molar-refractivity contribution >= 4 is 0 Å². The summed E-state index contributed by atoms with van der Waals surface area (Å²) in [5.41, 5.74) is 2.38. The second-order valence-corrected chi connectivity index (χ2v) is 6.53. The highest BCUT2D eigenvalue weighted by molar-refractivity contribution is 5.37. The van der Waals surface area contributed by atoms with E-state index in [-0.39, 0.29) is 0 Å². The highest BCUT2D eigenvalue weighted by atomic mass is 16.5. The van der Waals surface area contributed by atoms with E-state index in [0.717, 1.165) is 49.6 Å². The van der Waals surface area contributed by atoms with Crippen molar-refractivity contribution in [2.75, 3.05) is 26.8 Å². The molecule has 1 aliphatic heterocycles. The van der Waals surface area contributed by atoms with Gasteiger partial charge in [0.25, 0.3) is 0 Å². The summed E-state index contributed by atoms with van der Waals surface area (Å²) in [5.74, 6) is 2.72. The Balaban J connectivity index is 1.66. The number of aryl methyl sites for hydroxylation is 1. The van der Waals surface area contributed by atoms with Crippen LogP contribution in [-0.2, 0) is 17.9 Å². The van der Waals surface area contributed by atoms with E-state index in [4.69, 9.17) is 14.0 Å². The van der Waals surface area contributed by atoms with E-state index in [9.17, 15) is 0 Å². The Labute approximate surface area is 149 Å². The minimum absolute atomic E-state index is 0.354. The van der Waals surface area contributed by atoms with E-state index in [2.05, 4.69) is 27.2 Å². The topological polar surface area (TPSA) is 60.6 Å². The molecule has 1 aromatic heterocycles. The molecule has 3 rings (SSSR count). The zero-order valence-electron chi connectivity index (χ0n) is 15.3. The first-order chi connectivity index (χ1) is 12.2. The zero-order valence-corrected chi connectivity index (χ0v) is 15.3. The molecule has 1 fully saturated rings. The van der Waals surface area contributed by atoms with E-state index in [1.54, 1.807) is 7.11 Å². The van der Waals surface area contributed by atoms with E-state index in [1.807, 2.05) is 19.9 Å². The Kier molecular flexibility index (Phi) is 6.04. The fourth-order valence-corrected chi connectivity index (χ4v) is 3.40. The van der Waals surface area contributed by atoms with Crippen molar-refractivity contribution in [1.82, 2.24) is 15.0 Å². The molecular weight excluding hydrogens is 318 g/mol. The molecule has 1 saturated heterocycles. The van der Waals surface area contributed by atoms with Gasteiger partial charge >= 0.3 is 0 Å². The molecule has 0 aliphatic carbocycles. The van der Waals surface area contributed by atoms with Crippen LogP contribution < -0.4 is 4.74 Å². The molecule has 1 aromatic carbocycles. The van der Waals surface area contributed by atoms with Gasteiger partial charge in [0.05, 0.1) is 13.7 Å². The molecule has 0 spiro atoms. The maximum atomic E-state index is 5.56. The largest absolute Gasteiger partial charge is 0.496 e. The van der Waals surface area contributed by atoms with Crippen LogP contribution in [0.2, 0.25) is 0 Å². The highest BCUT2D eigenvalue weighted by Gasteiger charge is 2.25. The number of rotatable bonds is 7. The van der Waals surface area contributed by atoms with Gasteiger partial charge in [-0.1, -0.05) is 11.2 Å². The van der Waals surface area contributed by atoms with E-state index in [1.165, 1.54) is 5.56 Å². The van der Waals surface area contributed by atoms with Gasteiger partial charge in [0, 0.05) is 38.1 Å². The SMILES string of the molecule is CCOCc1cc(CN2CCCC(c3noc(C)n3)C2)ccc1OC. The highest BCUT2D eigenvalue weighted by Crippen LogP contribution is 2.27. The number of likely N-dealkylation sites (tertiary alicyclic amines) is 1. The predicted molar refractivity (Wildman–Crippen MR) is 94.6 cm³/mol. The smallest absolute Gasteiger partial charge is 0.223 e. The third-order valence-electron chi connectivity index (χ3n) is 4.63. The first-order valence-electron chi connectivity index (χ1n) is 8.95. The summed E-state index contributed by atoms with van der Waals surface area (Å²) in [7, 11) is 1.70. The van der Waals surface area contributed by atoms with Gasteiger partial charge in [-0.25, -0.2) is 0 Å². The van der Waals surface area contributed by atoms with Crippen molar-refractivity contribution < 1.29 is 14.0 Å². The molecule has 136 valence electrons. The Bertz CT molecular complexity index is 686. The average Bonchev–Trinajstić information content (AvgIpc) is 3.07. The fraction of sp³-hybridized carbons (Fsp3) is 0.579. The summed E-state index contributed by atoms with van der Waals surface area (Å²) in [6.07, 6.45) is 2.27. The molecule has 2 heterocycles. The van der Waals surface area contributed by atoms with Crippen LogP contribution in [0, 0.1) is 6.92 Å². The Morgan fingerprint density at radius 1 is 1.36 bits per heavy atom. The quantitative estimate of drug-likeness (QED) is 0.767. The molecule has 1 atom stereocenters. The number of hydrogen-bond acceptors (Lipinski definition) is 6. The summed E-state index contributed by atoms with van der Waals surface area (Å²) < 4.78 is 16.2. The van der Waals surface area contributed by atoms with Crippen LogP contribution in [0.5, 0.6) is 5.75 Å². The normalized spacial score (nSPS) is 18.4. The third-order valence-corrected chi connectivity index (χ3v) is 4.63. The molecule has 25 heavy (non-hydrogen) atoms. The van der Waals surface area contributed by atoms with Crippen LogP contribution in [0.1, 0.15) is 48.5 Å². The van der Waals surface area contributed by atoms with E-state index in [0.29, 0.717) is 25.0 Å². The minimum atomic E-state index is 0.354. The first-order valence-corrected chi connectivity index (χ1v) is 8.95. The van der Waals surface area contributed by atoms with Gasteiger partial charge in [0.1, 0.15) is 5.75 Å². The summed E-state index contributed by atoms with van der Waals surface area (Å²) >= 11 is 0. The van der Waals surface area contributed by atoms with Gasteiger partial charge in [0.2, 0.25) is 5.89 Å². The first kappa shape index (κ1) is 17.9. The van der Waals surface area contributed by atoms with Gasteiger partial charge in [0.15, 0.2) is 5.82 Å². The molecule has 1 aliphatic rings. The van der Waals surface area contributed by atoms with E-state index >= 15 is 0 Å². The van der Waals surface area contributed by atoms with Crippen LogP contribution in [-0.4, -0.2) is 41.8 Å². The molecule has 0 amide bonds. The molecule has 6 nitrogen and oxygen atoms in total. The van der Waals surface area contributed by atoms with Crippen LogP contribution >= 0.6 is 0 Å². The number of hydrogen-bond donors (Lipinski definition) is 0. The van der Waals surface area contributed by atoms with Crippen LogP contribution in [0.15, 0.2) is 22.7 Å². The number of piperidine rings is 1. The van der Waals surface area contributed by atoms with Gasteiger partial charge in [-0.2, -0.15) is 4.98 Å². The summed E-state index contributed by atoms with van der Waals surface area (Å²) in [6, 6.07) is 6.36. The molecule has 0 N–H and O–H groups in total.